The molecule has 2 saturated heterocycles. The van der Waals surface area contributed by atoms with E-state index in [0.29, 0.717) is 39.1 Å². The first-order chi connectivity index (χ1) is 19.2. The predicted octanol–water partition coefficient (Wildman–Crippen LogP) is 5.31. The Morgan fingerprint density at radius 1 is 0.900 bits per heavy atom. The van der Waals surface area contributed by atoms with Crippen molar-refractivity contribution in [2.45, 2.75) is 19.1 Å². The molecule has 2 fully saturated rings. The van der Waals surface area contributed by atoms with E-state index in [0.717, 1.165) is 4.90 Å². The number of hydroxylamine groups is 1. The van der Waals surface area contributed by atoms with Crippen molar-refractivity contribution in [3.63, 3.8) is 0 Å². The predicted molar refractivity (Wildman–Crippen MR) is 148 cm³/mol. The van der Waals surface area contributed by atoms with Crippen LogP contribution >= 0.6 is 23.2 Å². The molecule has 3 aromatic carbocycles. The third kappa shape index (κ3) is 4.42. The second kappa shape index (κ2) is 10.1. The number of nitrogens with zero attached hydrogens (tertiary/aromatic N) is 4. The first-order valence-corrected chi connectivity index (χ1v) is 13.1. The Morgan fingerprint density at radius 2 is 1.62 bits per heavy atom. The number of hydrogen-bond donors (Lipinski definition) is 0. The van der Waals surface area contributed by atoms with Crippen molar-refractivity contribution in [2.24, 2.45) is 13.0 Å². The second-order valence-corrected chi connectivity index (χ2v) is 10.3. The molecule has 3 heterocycles. The molecule has 0 saturated carbocycles. The lowest BCUT2D eigenvalue weighted by Crippen LogP contribution is -2.37. The van der Waals surface area contributed by atoms with E-state index in [2.05, 4.69) is 5.10 Å². The molecule has 9 nitrogen and oxygen atoms in total. The Hall–Kier alpha value is -4.18. The van der Waals surface area contributed by atoms with Crippen LogP contribution in [-0.2, 0) is 21.5 Å². The van der Waals surface area contributed by atoms with Gasteiger partial charge in [0.2, 0.25) is 5.91 Å². The highest BCUT2D eigenvalue weighted by atomic mass is 35.5. The summed E-state index contributed by atoms with van der Waals surface area (Å²) in [4.78, 5) is 47.2. The van der Waals surface area contributed by atoms with Crippen molar-refractivity contribution < 1.29 is 24.0 Å². The number of imide groups is 1. The number of ether oxygens (including phenoxy) is 1. The Kier molecular flexibility index (Phi) is 6.58. The number of amides is 2. The molecule has 0 bridgehead atoms. The maximum atomic E-state index is 13.8. The average Bonchev–Trinajstić information content (AvgIpc) is 3.58. The van der Waals surface area contributed by atoms with Crippen molar-refractivity contribution >= 4 is 52.4 Å². The van der Waals surface area contributed by atoms with Crippen LogP contribution in [0.2, 0.25) is 10.0 Å². The number of para-hydroxylation sites is 1. The number of fused-ring (bicyclic) bond motifs is 1. The molecule has 0 radical (unpaired) electrons. The van der Waals surface area contributed by atoms with E-state index >= 15 is 0 Å². The second-order valence-electron chi connectivity index (χ2n) is 9.52. The largest absolute Gasteiger partial charge is 0.422 e. The average molecular weight is 577 g/mol. The SMILES string of the molecule is Cc1cc(C(=O)Oc2ccc([C@@H]3[C@@H]4C(=O)N(c5ccc(Cl)c(Cl)c5)C(=O)[C@H]4ON3c3ccccc3)cc2)n(C)n1. The van der Waals surface area contributed by atoms with Crippen LogP contribution < -0.4 is 14.7 Å². The highest BCUT2D eigenvalue weighted by Crippen LogP contribution is 2.48. The number of aromatic nitrogens is 2. The smallest absolute Gasteiger partial charge is 0.361 e. The van der Waals surface area contributed by atoms with E-state index in [9.17, 15) is 14.4 Å². The minimum absolute atomic E-state index is 0.228. The lowest BCUT2D eigenvalue weighted by atomic mass is 9.90. The van der Waals surface area contributed by atoms with Crippen molar-refractivity contribution in [1.29, 1.82) is 0 Å². The topological polar surface area (TPSA) is 94.0 Å². The summed E-state index contributed by atoms with van der Waals surface area (Å²) >= 11 is 12.2. The van der Waals surface area contributed by atoms with Crippen LogP contribution in [0, 0.1) is 12.8 Å². The van der Waals surface area contributed by atoms with Crippen LogP contribution in [0.15, 0.2) is 78.9 Å². The highest BCUT2D eigenvalue weighted by molar-refractivity contribution is 6.42. The molecule has 6 rings (SSSR count). The highest BCUT2D eigenvalue weighted by Gasteiger charge is 2.60. The lowest BCUT2D eigenvalue weighted by Gasteiger charge is -2.29. The first-order valence-electron chi connectivity index (χ1n) is 12.4. The summed E-state index contributed by atoms with van der Waals surface area (Å²) < 4.78 is 7.01. The fourth-order valence-electron chi connectivity index (χ4n) is 5.12. The number of esters is 1. The summed E-state index contributed by atoms with van der Waals surface area (Å²) in [5.74, 6) is -1.97. The van der Waals surface area contributed by atoms with Gasteiger partial charge in [0.1, 0.15) is 17.4 Å². The van der Waals surface area contributed by atoms with Gasteiger partial charge >= 0.3 is 5.97 Å². The van der Waals surface area contributed by atoms with E-state index < -0.39 is 35.8 Å². The third-order valence-electron chi connectivity index (χ3n) is 6.93. The molecule has 11 heteroatoms. The molecule has 4 aromatic rings. The monoisotopic (exact) mass is 576 g/mol. The van der Waals surface area contributed by atoms with E-state index in [-0.39, 0.29) is 5.02 Å². The molecule has 2 aliphatic heterocycles. The quantitative estimate of drug-likeness (QED) is 0.180. The zero-order valence-corrected chi connectivity index (χ0v) is 22.8. The molecule has 0 aliphatic carbocycles. The van der Waals surface area contributed by atoms with E-state index in [1.54, 1.807) is 55.4 Å². The summed E-state index contributed by atoms with van der Waals surface area (Å²) in [7, 11) is 1.67. The number of carbonyl (C=O) groups excluding carboxylic acids is 3. The molecule has 40 heavy (non-hydrogen) atoms. The van der Waals surface area contributed by atoms with Crippen LogP contribution in [0.5, 0.6) is 5.75 Å². The van der Waals surface area contributed by atoms with E-state index in [4.69, 9.17) is 32.8 Å². The molecule has 0 unspecified atom stereocenters. The number of anilines is 2. The van der Waals surface area contributed by atoms with Crippen molar-refractivity contribution in [2.75, 3.05) is 9.96 Å². The summed E-state index contributed by atoms with van der Waals surface area (Å²) in [5, 5.41) is 6.31. The normalized spacial score (nSPS) is 20.2. The molecular weight excluding hydrogens is 555 g/mol. The van der Waals surface area contributed by atoms with E-state index in [1.807, 2.05) is 30.3 Å². The fourth-order valence-corrected chi connectivity index (χ4v) is 5.42. The zero-order valence-electron chi connectivity index (χ0n) is 21.3. The summed E-state index contributed by atoms with van der Waals surface area (Å²) in [6.07, 6.45) is -1.04. The number of benzene rings is 3. The summed E-state index contributed by atoms with van der Waals surface area (Å²) in [6, 6.07) is 21.6. The van der Waals surface area contributed by atoms with Gasteiger partial charge in [0.15, 0.2) is 6.10 Å². The zero-order chi connectivity index (χ0) is 28.1. The fraction of sp³-hybridized carbons (Fsp3) is 0.172. The number of halogens is 2. The third-order valence-corrected chi connectivity index (χ3v) is 7.67. The Bertz CT molecular complexity index is 1640. The first kappa shape index (κ1) is 26.1. The molecule has 2 aliphatic rings. The van der Waals surface area contributed by atoms with Gasteiger partial charge in [-0.2, -0.15) is 5.10 Å². The van der Waals surface area contributed by atoms with Crippen LogP contribution in [0.1, 0.15) is 27.8 Å². The van der Waals surface area contributed by atoms with Crippen LogP contribution in [0.3, 0.4) is 0 Å². The minimum atomic E-state index is -1.04. The van der Waals surface area contributed by atoms with Gasteiger partial charge in [0.05, 0.1) is 33.2 Å². The van der Waals surface area contributed by atoms with Gasteiger partial charge in [-0.15, -0.1) is 0 Å². The van der Waals surface area contributed by atoms with Gasteiger partial charge in [-0.3, -0.25) is 19.1 Å². The molecule has 0 spiro atoms. The molecular formula is C29H22Cl2N4O5. The molecule has 2 amide bonds. The maximum absolute atomic E-state index is 13.8. The van der Waals surface area contributed by atoms with Crippen molar-refractivity contribution in [3.8, 4) is 5.75 Å². The lowest BCUT2D eigenvalue weighted by molar-refractivity contribution is -0.126. The minimum Gasteiger partial charge on any atom is -0.422 e. The molecule has 3 atom stereocenters. The number of carbonyl (C=O) groups is 3. The van der Waals surface area contributed by atoms with E-state index in [1.165, 1.54) is 16.8 Å². The number of aryl methyl sites for hydroxylation is 2. The molecule has 202 valence electrons. The van der Waals surface area contributed by atoms with Gasteiger partial charge < -0.3 is 4.74 Å². The van der Waals surface area contributed by atoms with Crippen molar-refractivity contribution in [1.82, 2.24) is 9.78 Å². The standard InChI is InChI=1S/C29H22Cl2N4O5/c1-16-14-23(33(2)32-16)29(38)39-20-11-8-17(9-12-20)25-24-26(40-35(25)18-6-4-3-5-7-18)28(37)34(27(24)36)19-10-13-21(30)22(31)15-19/h3-15,24-26H,1-2H3/t24-,25+,26-/m0/s1. The van der Waals surface area contributed by atoms with Crippen LogP contribution in [0.25, 0.3) is 0 Å². The molecule has 1 aromatic heterocycles. The van der Waals surface area contributed by atoms with Crippen LogP contribution in [-0.4, -0.2) is 33.7 Å². The number of hydrogen-bond acceptors (Lipinski definition) is 7. The van der Waals surface area contributed by atoms with Gasteiger partial charge in [-0.25, -0.2) is 14.8 Å². The summed E-state index contributed by atoms with van der Waals surface area (Å²) in [5.41, 5.74) is 2.73. The van der Waals surface area contributed by atoms with Gasteiger partial charge in [-0.05, 0) is 61.0 Å². The van der Waals surface area contributed by atoms with Crippen molar-refractivity contribution in [3.05, 3.63) is 106 Å². The molecule has 0 N–H and O–H groups in total. The van der Waals surface area contributed by atoms with Crippen LogP contribution in [0.4, 0.5) is 11.4 Å². The Balaban J connectivity index is 1.33. The Morgan fingerprint density at radius 3 is 2.27 bits per heavy atom. The summed E-state index contributed by atoms with van der Waals surface area (Å²) in [6.45, 7) is 1.79. The van der Waals surface area contributed by atoms with Gasteiger partial charge in [0.25, 0.3) is 5.91 Å². The number of rotatable bonds is 5. The van der Waals surface area contributed by atoms with Gasteiger partial charge in [0, 0.05) is 7.05 Å². The maximum Gasteiger partial charge on any atom is 0.361 e. The van der Waals surface area contributed by atoms with Gasteiger partial charge in [-0.1, -0.05) is 53.5 Å². The Labute approximate surface area is 239 Å².